The zero-order valence-corrected chi connectivity index (χ0v) is 41.3. The number of esters is 2. The summed E-state index contributed by atoms with van der Waals surface area (Å²) in [4.78, 5) is 27.3. The lowest BCUT2D eigenvalue weighted by atomic mass is 9.92. The molecule has 1 heterocycles. The molecule has 0 aromatic carbocycles. The monoisotopic (exact) mass is 850 g/mol. The van der Waals surface area contributed by atoms with Crippen LogP contribution in [0, 0.1) is 11.8 Å². The number of carbonyl (C=O) groups is 2. The van der Waals surface area contributed by atoms with Crippen LogP contribution in [0.1, 0.15) is 266 Å². The Morgan fingerprint density at radius 1 is 0.550 bits per heavy atom. The van der Waals surface area contributed by atoms with Gasteiger partial charge in [0.15, 0.2) is 5.79 Å². The maximum absolute atomic E-state index is 12.4. The van der Waals surface area contributed by atoms with Crippen LogP contribution in [0.15, 0.2) is 0 Å². The number of carbonyl (C=O) groups excluding carboxylic acids is 2. The van der Waals surface area contributed by atoms with Crippen LogP contribution in [-0.2, 0) is 28.5 Å². The summed E-state index contributed by atoms with van der Waals surface area (Å²) in [6, 6.07) is 0.532. The third kappa shape index (κ3) is 31.6. The molecule has 1 unspecified atom stereocenters. The molecule has 60 heavy (non-hydrogen) atoms. The summed E-state index contributed by atoms with van der Waals surface area (Å²) in [7, 11) is 2.20. The second-order valence-electron chi connectivity index (χ2n) is 19.3. The average Bonchev–Trinajstić information content (AvgIpc) is 3.64. The van der Waals surface area contributed by atoms with E-state index in [0.717, 1.165) is 77.2 Å². The van der Waals surface area contributed by atoms with Gasteiger partial charge in [-0.1, -0.05) is 182 Å². The molecule has 1 atom stereocenters. The molecule has 0 aliphatic carbocycles. The molecule has 7 nitrogen and oxygen atoms in total. The van der Waals surface area contributed by atoms with Crippen LogP contribution in [0.3, 0.4) is 0 Å². The summed E-state index contributed by atoms with van der Waals surface area (Å²) in [6.07, 6.45) is 40.3. The Kier molecular flexibility index (Phi) is 37.3. The van der Waals surface area contributed by atoms with Gasteiger partial charge in [0.25, 0.3) is 0 Å². The third-order valence-corrected chi connectivity index (χ3v) is 13.4. The first-order chi connectivity index (χ1) is 29.2. The minimum absolute atomic E-state index is 0.00717. The molecule has 1 fully saturated rings. The fourth-order valence-corrected chi connectivity index (χ4v) is 8.91. The van der Waals surface area contributed by atoms with E-state index >= 15 is 0 Å². The van der Waals surface area contributed by atoms with E-state index in [9.17, 15) is 9.59 Å². The first kappa shape index (κ1) is 56.8. The van der Waals surface area contributed by atoms with E-state index in [1.807, 2.05) is 0 Å². The van der Waals surface area contributed by atoms with Gasteiger partial charge in [-0.15, -0.1) is 0 Å². The molecule has 1 saturated heterocycles. The average molecular weight is 850 g/mol. The Morgan fingerprint density at radius 3 is 1.32 bits per heavy atom. The molecule has 0 N–H and O–H groups in total. The standard InChI is InChI=1S/C53H103NO6/c1-8-12-24-32-48(33-25-13-9-2)39-44-57-51(55)36-28-20-16-18-22-30-41-53(59-46-50(60-53)38-43-54(7)47(5)6)42-31-23-19-17-21-29-37-52(56)58-45-40-49(34-26-14-10-3)35-27-15-11-4/h47-50H,8-46H2,1-7H3. The van der Waals surface area contributed by atoms with E-state index in [-0.39, 0.29) is 18.0 Å². The van der Waals surface area contributed by atoms with Crippen molar-refractivity contribution in [1.29, 1.82) is 0 Å². The Hall–Kier alpha value is -1.18. The number of nitrogens with zero attached hydrogens (tertiary/aromatic N) is 1. The van der Waals surface area contributed by atoms with Gasteiger partial charge in [-0.05, 0) is 77.7 Å². The van der Waals surface area contributed by atoms with Crippen molar-refractivity contribution in [2.45, 2.75) is 284 Å². The first-order valence-corrected chi connectivity index (χ1v) is 26.5. The SMILES string of the molecule is CCCCCC(CCCCC)CCOC(=O)CCCCCCCCC1(CCCCCCCCC(=O)OCCC(CCCCC)CCCCC)OCC(CCN(C)C(C)C)O1. The Bertz CT molecular complexity index is 895. The molecular formula is C53H103NO6. The van der Waals surface area contributed by atoms with Crippen molar-refractivity contribution in [3.8, 4) is 0 Å². The molecule has 1 aliphatic heterocycles. The van der Waals surface area contributed by atoms with Crippen molar-refractivity contribution in [3.63, 3.8) is 0 Å². The van der Waals surface area contributed by atoms with E-state index in [1.165, 1.54) is 141 Å². The molecule has 0 amide bonds. The van der Waals surface area contributed by atoms with Crippen molar-refractivity contribution in [1.82, 2.24) is 4.90 Å². The van der Waals surface area contributed by atoms with Gasteiger partial charge in [-0.2, -0.15) is 0 Å². The van der Waals surface area contributed by atoms with Gasteiger partial charge < -0.3 is 23.8 Å². The molecule has 0 saturated carbocycles. The van der Waals surface area contributed by atoms with Gasteiger partial charge in [0.05, 0.1) is 25.9 Å². The zero-order chi connectivity index (χ0) is 43.9. The molecule has 0 aromatic rings. The lowest BCUT2D eigenvalue weighted by Crippen LogP contribution is -2.33. The smallest absolute Gasteiger partial charge is 0.305 e. The van der Waals surface area contributed by atoms with E-state index < -0.39 is 5.79 Å². The predicted molar refractivity (Wildman–Crippen MR) is 255 cm³/mol. The van der Waals surface area contributed by atoms with Crippen molar-refractivity contribution in [2.75, 3.05) is 33.4 Å². The maximum atomic E-state index is 12.4. The van der Waals surface area contributed by atoms with Gasteiger partial charge >= 0.3 is 11.9 Å². The minimum atomic E-state index is -0.440. The Balaban J connectivity index is 2.33. The first-order valence-electron chi connectivity index (χ1n) is 26.5. The summed E-state index contributed by atoms with van der Waals surface area (Å²) in [5.41, 5.74) is 0. The summed E-state index contributed by atoms with van der Waals surface area (Å²) in [5.74, 6) is 0.963. The highest BCUT2D eigenvalue weighted by Crippen LogP contribution is 2.36. The highest BCUT2D eigenvalue weighted by molar-refractivity contribution is 5.69. The molecule has 0 aromatic heterocycles. The summed E-state index contributed by atoms with van der Waals surface area (Å²) >= 11 is 0. The van der Waals surface area contributed by atoms with Crippen LogP contribution in [0.25, 0.3) is 0 Å². The number of rotatable bonds is 44. The van der Waals surface area contributed by atoms with Crippen LogP contribution in [-0.4, -0.2) is 68.2 Å². The van der Waals surface area contributed by atoms with Crippen LogP contribution in [0.2, 0.25) is 0 Å². The van der Waals surface area contributed by atoms with Gasteiger partial charge in [0.1, 0.15) is 0 Å². The fraction of sp³-hybridized carbons (Fsp3) is 0.962. The zero-order valence-electron chi connectivity index (χ0n) is 41.3. The Morgan fingerprint density at radius 2 is 0.933 bits per heavy atom. The molecule has 0 bridgehead atoms. The highest BCUT2D eigenvalue weighted by atomic mass is 16.7. The molecule has 1 aliphatic rings. The Labute approximate surface area is 373 Å². The molecule has 0 radical (unpaired) electrons. The summed E-state index contributed by atoms with van der Waals surface area (Å²) in [5, 5.41) is 0. The normalized spacial score (nSPS) is 15.3. The molecular weight excluding hydrogens is 747 g/mol. The number of hydrogen-bond acceptors (Lipinski definition) is 7. The molecule has 0 spiro atoms. The van der Waals surface area contributed by atoms with Crippen molar-refractivity contribution in [3.05, 3.63) is 0 Å². The molecule has 1 rings (SSSR count). The lowest BCUT2D eigenvalue weighted by Gasteiger charge is -2.29. The topological polar surface area (TPSA) is 74.3 Å². The van der Waals surface area contributed by atoms with Gasteiger partial charge in [-0.25, -0.2) is 0 Å². The lowest BCUT2D eigenvalue weighted by molar-refractivity contribution is -0.180. The van der Waals surface area contributed by atoms with Gasteiger partial charge in [0, 0.05) is 38.3 Å². The number of ether oxygens (including phenoxy) is 4. The van der Waals surface area contributed by atoms with Gasteiger partial charge in [0.2, 0.25) is 0 Å². The molecule has 7 heteroatoms. The second-order valence-corrected chi connectivity index (χ2v) is 19.3. The largest absolute Gasteiger partial charge is 0.466 e. The van der Waals surface area contributed by atoms with Crippen molar-refractivity contribution < 1.29 is 28.5 Å². The quantitative estimate of drug-likeness (QED) is 0.0446. The van der Waals surface area contributed by atoms with Crippen molar-refractivity contribution in [2.24, 2.45) is 11.8 Å². The van der Waals surface area contributed by atoms with Crippen LogP contribution >= 0.6 is 0 Å². The van der Waals surface area contributed by atoms with E-state index in [0.29, 0.717) is 50.5 Å². The second kappa shape index (κ2) is 39.4. The summed E-state index contributed by atoms with van der Waals surface area (Å²) < 4.78 is 24.6. The maximum Gasteiger partial charge on any atom is 0.305 e. The number of unbranched alkanes of at least 4 members (excludes halogenated alkanes) is 18. The minimum Gasteiger partial charge on any atom is -0.466 e. The number of hydrogen-bond donors (Lipinski definition) is 0. The van der Waals surface area contributed by atoms with E-state index in [2.05, 4.69) is 53.5 Å². The highest BCUT2D eigenvalue weighted by Gasteiger charge is 2.40. The van der Waals surface area contributed by atoms with Gasteiger partial charge in [-0.3, -0.25) is 9.59 Å². The molecule has 356 valence electrons. The predicted octanol–water partition coefficient (Wildman–Crippen LogP) is 15.5. The summed E-state index contributed by atoms with van der Waals surface area (Å²) in [6.45, 7) is 16.5. The van der Waals surface area contributed by atoms with Crippen molar-refractivity contribution >= 4 is 11.9 Å². The third-order valence-electron chi connectivity index (χ3n) is 13.4. The van der Waals surface area contributed by atoms with E-state index in [1.54, 1.807) is 0 Å². The van der Waals surface area contributed by atoms with Crippen LogP contribution < -0.4 is 0 Å². The fourth-order valence-electron chi connectivity index (χ4n) is 8.91. The van der Waals surface area contributed by atoms with Crippen LogP contribution in [0.5, 0.6) is 0 Å². The van der Waals surface area contributed by atoms with Crippen LogP contribution in [0.4, 0.5) is 0 Å². The van der Waals surface area contributed by atoms with E-state index in [4.69, 9.17) is 18.9 Å².